The molecule has 0 saturated heterocycles. The summed E-state index contributed by atoms with van der Waals surface area (Å²) in [5, 5.41) is 13.5. The molecule has 0 fully saturated rings. The number of nitrogens with zero attached hydrogens (tertiary/aromatic N) is 1. The number of rotatable bonds is 2. The van der Waals surface area contributed by atoms with Crippen molar-refractivity contribution in [1.29, 1.82) is 5.26 Å². The van der Waals surface area contributed by atoms with Gasteiger partial charge in [0, 0.05) is 15.7 Å². The van der Waals surface area contributed by atoms with Crippen molar-refractivity contribution in [3.8, 4) is 6.07 Å². The highest BCUT2D eigenvalue weighted by Gasteiger charge is 2.05. The summed E-state index contributed by atoms with van der Waals surface area (Å²) in [4.78, 5) is 0. The smallest absolute Gasteiger partial charge is 0.101 e. The van der Waals surface area contributed by atoms with Gasteiger partial charge >= 0.3 is 0 Å². The van der Waals surface area contributed by atoms with Crippen LogP contribution in [0.2, 0.25) is 10.0 Å². The highest BCUT2D eigenvalue weighted by atomic mass is 35.5. The van der Waals surface area contributed by atoms with E-state index in [0.29, 0.717) is 21.3 Å². The molecule has 18 heavy (non-hydrogen) atoms. The summed E-state index contributed by atoms with van der Waals surface area (Å²) in [5.41, 5.74) is 3.15. The van der Waals surface area contributed by atoms with E-state index in [9.17, 15) is 0 Å². The molecule has 0 unspecified atom stereocenters. The average molecular weight is 277 g/mol. The van der Waals surface area contributed by atoms with Gasteiger partial charge in [-0.2, -0.15) is 5.26 Å². The van der Waals surface area contributed by atoms with Crippen molar-refractivity contribution in [2.75, 3.05) is 5.32 Å². The van der Waals surface area contributed by atoms with Crippen molar-refractivity contribution >= 4 is 34.6 Å². The van der Waals surface area contributed by atoms with Crippen LogP contribution < -0.4 is 5.32 Å². The molecule has 90 valence electrons. The number of aryl methyl sites for hydroxylation is 1. The lowest BCUT2D eigenvalue weighted by molar-refractivity contribution is 1.41. The summed E-state index contributed by atoms with van der Waals surface area (Å²) in [7, 11) is 0. The zero-order chi connectivity index (χ0) is 13.1. The Hall–Kier alpha value is -1.69. The molecule has 0 atom stereocenters. The van der Waals surface area contributed by atoms with E-state index in [1.54, 1.807) is 24.3 Å². The third-order valence-electron chi connectivity index (χ3n) is 2.56. The Bertz CT molecular complexity index is 630. The van der Waals surface area contributed by atoms with Gasteiger partial charge in [0.1, 0.15) is 6.07 Å². The van der Waals surface area contributed by atoms with Gasteiger partial charge in [-0.25, -0.2) is 0 Å². The molecule has 0 bridgehead atoms. The molecule has 0 aliphatic heterocycles. The maximum Gasteiger partial charge on any atom is 0.101 e. The van der Waals surface area contributed by atoms with Crippen molar-refractivity contribution in [3.63, 3.8) is 0 Å². The molecule has 1 N–H and O–H groups in total. The number of hydrogen-bond acceptors (Lipinski definition) is 2. The number of anilines is 2. The van der Waals surface area contributed by atoms with E-state index in [2.05, 4.69) is 11.4 Å². The number of hydrogen-bond donors (Lipinski definition) is 1. The van der Waals surface area contributed by atoms with Crippen molar-refractivity contribution < 1.29 is 0 Å². The van der Waals surface area contributed by atoms with Crippen molar-refractivity contribution in [1.82, 2.24) is 0 Å². The predicted octanol–water partition coefficient (Wildman–Crippen LogP) is 4.92. The second-order valence-electron chi connectivity index (χ2n) is 3.89. The lowest BCUT2D eigenvalue weighted by Gasteiger charge is -2.11. The first-order chi connectivity index (χ1) is 8.60. The molecule has 0 radical (unpaired) electrons. The topological polar surface area (TPSA) is 35.8 Å². The van der Waals surface area contributed by atoms with Crippen LogP contribution >= 0.6 is 23.2 Å². The molecule has 2 nitrogen and oxygen atoms in total. The van der Waals surface area contributed by atoms with Crippen LogP contribution in [0.1, 0.15) is 11.1 Å². The van der Waals surface area contributed by atoms with Crippen LogP contribution in [0.5, 0.6) is 0 Å². The molecular formula is C14H10Cl2N2. The van der Waals surface area contributed by atoms with Crippen molar-refractivity contribution in [2.45, 2.75) is 6.92 Å². The number of nitrogens with one attached hydrogen (secondary N) is 1. The molecule has 0 aliphatic carbocycles. The fourth-order valence-electron chi connectivity index (χ4n) is 1.63. The zero-order valence-electron chi connectivity index (χ0n) is 9.67. The maximum absolute atomic E-state index is 9.05. The van der Waals surface area contributed by atoms with Gasteiger partial charge in [0.25, 0.3) is 0 Å². The summed E-state index contributed by atoms with van der Waals surface area (Å²) in [6, 6.07) is 12.8. The lowest BCUT2D eigenvalue weighted by atomic mass is 10.1. The van der Waals surface area contributed by atoms with Crippen LogP contribution in [0.4, 0.5) is 11.4 Å². The predicted molar refractivity (Wildman–Crippen MR) is 75.6 cm³/mol. The van der Waals surface area contributed by atoms with Gasteiger partial charge in [-0.05, 0) is 48.9 Å². The molecule has 2 rings (SSSR count). The Kier molecular flexibility index (Phi) is 3.76. The summed E-state index contributed by atoms with van der Waals surface area (Å²) in [5.74, 6) is 0. The second-order valence-corrected chi connectivity index (χ2v) is 4.76. The van der Waals surface area contributed by atoms with E-state index in [-0.39, 0.29) is 0 Å². The van der Waals surface area contributed by atoms with Gasteiger partial charge in [-0.3, -0.25) is 0 Å². The van der Waals surface area contributed by atoms with Crippen molar-refractivity contribution in [2.24, 2.45) is 0 Å². The van der Waals surface area contributed by atoms with Gasteiger partial charge in [0.2, 0.25) is 0 Å². The minimum Gasteiger partial charge on any atom is -0.354 e. The molecule has 0 saturated carbocycles. The van der Waals surface area contributed by atoms with Gasteiger partial charge < -0.3 is 5.32 Å². The summed E-state index contributed by atoms with van der Waals surface area (Å²) in [6.07, 6.45) is 0. The summed E-state index contributed by atoms with van der Waals surface area (Å²) >= 11 is 11.8. The van der Waals surface area contributed by atoms with Crippen LogP contribution in [0.25, 0.3) is 0 Å². The van der Waals surface area contributed by atoms with Gasteiger partial charge in [-0.15, -0.1) is 0 Å². The van der Waals surface area contributed by atoms with Crippen LogP contribution in [-0.2, 0) is 0 Å². The molecule has 0 heterocycles. The lowest BCUT2D eigenvalue weighted by Crippen LogP contribution is -1.95. The van der Waals surface area contributed by atoms with Crippen LogP contribution in [0.15, 0.2) is 36.4 Å². The monoisotopic (exact) mass is 276 g/mol. The van der Waals surface area contributed by atoms with Crippen LogP contribution in [0, 0.1) is 18.3 Å². The minimum absolute atomic E-state index is 0.550. The van der Waals surface area contributed by atoms with Gasteiger partial charge in [0.05, 0.1) is 11.3 Å². The van der Waals surface area contributed by atoms with E-state index in [1.807, 2.05) is 19.1 Å². The van der Waals surface area contributed by atoms with E-state index in [4.69, 9.17) is 28.5 Å². The molecule has 2 aromatic rings. The second kappa shape index (κ2) is 5.30. The quantitative estimate of drug-likeness (QED) is 0.845. The molecule has 0 aliphatic rings. The van der Waals surface area contributed by atoms with Crippen LogP contribution in [0.3, 0.4) is 0 Å². The third-order valence-corrected chi connectivity index (χ3v) is 3.03. The largest absolute Gasteiger partial charge is 0.354 e. The van der Waals surface area contributed by atoms with Crippen molar-refractivity contribution in [3.05, 3.63) is 57.6 Å². The van der Waals surface area contributed by atoms with E-state index in [0.717, 1.165) is 11.3 Å². The first kappa shape index (κ1) is 12.8. The number of nitriles is 1. The van der Waals surface area contributed by atoms with E-state index < -0.39 is 0 Å². The SMILES string of the molecule is Cc1cc(Cl)ccc1Nc1cc(Cl)ccc1C#N. The Morgan fingerprint density at radius 2 is 1.67 bits per heavy atom. The average Bonchev–Trinajstić information content (AvgIpc) is 2.33. The number of benzene rings is 2. The van der Waals surface area contributed by atoms with Gasteiger partial charge in [0.15, 0.2) is 0 Å². The number of halogens is 2. The van der Waals surface area contributed by atoms with Crippen LogP contribution in [-0.4, -0.2) is 0 Å². The third kappa shape index (κ3) is 2.76. The Balaban J connectivity index is 2.40. The molecule has 0 aromatic heterocycles. The molecule has 2 aromatic carbocycles. The molecular weight excluding hydrogens is 267 g/mol. The minimum atomic E-state index is 0.550. The molecule has 0 spiro atoms. The molecule has 0 amide bonds. The Morgan fingerprint density at radius 3 is 2.33 bits per heavy atom. The van der Waals surface area contributed by atoms with Gasteiger partial charge in [-0.1, -0.05) is 23.2 Å². The summed E-state index contributed by atoms with van der Waals surface area (Å²) in [6.45, 7) is 1.95. The standard InChI is InChI=1S/C14H10Cl2N2/c1-9-6-11(15)4-5-13(9)18-14-7-12(16)3-2-10(14)8-17/h2-7,18H,1H3. The normalized spacial score (nSPS) is 9.89. The van der Waals surface area contributed by atoms with E-state index in [1.165, 1.54) is 0 Å². The Labute approximate surface area is 116 Å². The maximum atomic E-state index is 9.05. The fourth-order valence-corrected chi connectivity index (χ4v) is 2.03. The Morgan fingerprint density at radius 1 is 1.00 bits per heavy atom. The highest BCUT2D eigenvalue weighted by Crippen LogP contribution is 2.27. The fraction of sp³-hybridized carbons (Fsp3) is 0.0714. The highest BCUT2D eigenvalue weighted by molar-refractivity contribution is 6.31. The first-order valence-electron chi connectivity index (χ1n) is 5.33. The first-order valence-corrected chi connectivity index (χ1v) is 6.08. The van der Waals surface area contributed by atoms with E-state index >= 15 is 0 Å². The molecule has 4 heteroatoms. The zero-order valence-corrected chi connectivity index (χ0v) is 11.2. The summed E-state index contributed by atoms with van der Waals surface area (Å²) < 4.78 is 0.